The molecule has 1 aliphatic rings. The third-order valence-corrected chi connectivity index (χ3v) is 4.12. The molecule has 1 aromatic carbocycles. The van der Waals surface area contributed by atoms with Gasteiger partial charge in [0.15, 0.2) is 0 Å². The van der Waals surface area contributed by atoms with Crippen molar-refractivity contribution in [3.05, 3.63) is 47.2 Å². The Labute approximate surface area is 141 Å². The first-order valence-corrected chi connectivity index (χ1v) is 8.00. The van der Waals surface area contributed by atoms with Crippen LogP contribution in [0.5, 0.6) is 0 Å². The quantitative estimate of drug-likeness (QED) is 0.687. The zero-order valence-corrected chi connectivity index (χ0v) is 13.8. The number of nitrogens with zero attached hydrogens (tertiary/aromatic N) is 3. The SMILES string of the molecule is CNC1CN(c2cc(COCc3ccc(CO)cc3)nc(N)n2)C1. The van der Waals surface area contributed by atoms with Crippen LogP contribution in [0.4, 0.5) is 11.8 Å². The standard InChI is InChI=1S/C17H23N5O2/c1-19-15-7-22(8-15)16-6-14(20-17(18)21-16)11-24-10-13-4-2-12(9-23)3-5-13/h2-6,15,19,23H,7-11H2,1H3,(H2,18,20,21). The monoisotopic (exact) mass is 329 g/mol. The van der Waals surface area contributed by atoms with Gasteiger partial charge in [0.2, 0.25) is 5.95 Å². The molecule has 2 aromatic rings. The molecule has 0 bridgehead atoms. The molecular formula is C17H23N5O2. The van der Waals surface area contributed by atoms with E-state index in [1.165, 1.54) is 0 Å². The van der Waals surface area contributed by atoms with E-state index in [1.807, 2.05) is 37.4 Å². The van der Waals surface area contributed by atoms with Gasteiger partial charge in [-0.3, -0.25) is 0 Å². The molecule has 1 fully saturated rings. The van der Waals surface area contributed by atoms with E-state index >= 15 is 0 Å². The third-order valence-electron chi connectivity index (χ3n) is 4.12. The maximum absolute atomic E-state index is 9.04. The molecule has 128 valence electrons. The lowest BCUT2D eigenvalue weighted by Gasteiger charge is -2.40. The van der Waals surface area contributed by atoms with Gasteiger partial charge in [-0.05, 0) is 18.2 Å². The second-order valence-corrected chi connectivity index (χ2v) is 5.93. The van der Waals surface area contributed by atoms with Crippen LogP contribution in [0.1, 0.15) is 16.8 Å². The van der Waals surface area contributed by atoms with Crippen molar-refractivity contribution in [2.45, 2.75) is 25.9 Å². The van der Waals surface area contributed by atoms with Gasteiger partial charge in [0.05, 0.1) is 25.5 Å². The first-order valence-electron chi connectivity index (χ1n) is 8.00. The Kier molecular flexibility index (Phi) is 5.24. The van der Waals surface area contributed by atoms with Crippen LogP contribution in [0.25, 0.3) is 0 Å². The molecule has 7 nitrogen and oxygen atoms in total. The molecule has 0 amide bonds. The smallest absolute Gasteiger partial charge is 0.222 e. The predicted molar refractivity (Wildman–Crippen MR) is 92.4 cm³/mol. The van der Waals surface area contributed by atoms with Gasteiger partial charge in [-0.1, -0.05) is 24.3 Å². The zero-order chi connectivity index (χ0) is 16.9. The van der Waals surface area contributed by atoms with Crippen molar-refractivity contribution in [2.24, 2.45) is 0 Å². The van der Waals surface area contributed by atoms with E-state index in [9.17, 15) is 0 Å². The number of benzene rings is 1. The van der Waals surface area contributed by atoms with Crippen LogP contribution in [0.15, 0.2) is 30.3 Å². The summed E-state index contributed by atoms with van der Waals surface area (Å²) in [4.78, 5) is 10.7. The van der Waals surface area contributed by atoms with Gasteiger partial charge in [-0.25, -0.2) is 4.98 Å². The van der Waals surface area contributed by atoms with Gasteiger partial charge >= 0.3 is 0 Å². The summed E-state index contributed by atoms with van der Waals surface area (Å²) in [5.41, 5.74) is 8.53. The number of rotatable bonds is 7. The van der Waals surface area contributed by atoms with Crippen molar-refractivity contribution >= 4 is 11.8 Å². The second kappa shape index (κ2) is 7.57. The van der Waals surface area contributed by atoms with Gasteiger partial charge in [0.25, 0.3) is 0 Å². The summed E-state index contributed by atoms with van der Waals surface area (Å²) >= 11 is 0. The lowest BCUT2D eigenvalue weighted by molar-refractivity contribution is 0.104. The molecule has 0 aliphatic carbocycles. The van der Waals surface area contributed by atoms with Crippen molar-refractivity contribution in [3.8, 4) is 0 Å². The summed E-state index contributed by atoms with van der Waals surface area (Å²) in [6, 6.07) is 10.1. The number of likely N-dealkylation sites (N-methyl/N-ethyl adjacent to an activating group) is 1. The van der Waals surface area contributed by atoms with Crippen LogP contribution in [0, 0.1) is 0 Å². The Bertz CT molecular complexity index is 671. The number of aromatic nitrogens is 2. The molecule has 1 aromatic heterocycles. The fourth-order valence-corrected chi connectivity index (χ4v) is 2.60. The van der Waals surface area contributed by atoms with Crippen molar-refractivity contribution in [1.29, 1.82) is 0 Å². The van der Waals surface area contributed by atoms with E-state index in [0.717, 1.165) is 35.7 Å². The molecule has 3 rings (SSSR count). The summed E-state index contributed by atoms with van der Waals surface area (Å²) in [6.45, 7) is 2.76. The van der Waals surface area contributed by atoms with Crippen LogP contribution in [0.2, 0.25) is 0 Å². The number of nitrogens with two attached hydrogens (primary N) is 1. The minimum absolute atomic E-state index is 0.0506. The molecule has 0 unspecified atom stereocenters. The average Bonchev–Trinajstić information content (AvgIpc) is 2.54. The largest absolute Gasteiger partial charge is 0.392 e. The number of nitrogens with one attached hydrogen (secondary N) is 1. The lowest BCUT2D eigenvalue weighted by Crippen LogP contribution is -2.57. The molecule has 0 spiro atoms. The first-order chi connectivity index (χ1) is 11.7. The summed E-state index contributed by atoms with van der Waals surface area (Å²) < 4.78 is 5.72. The lowest BCUT2D eigenvalue weighted by atomic mass is 10.1. The van der Waals surface area contributed by atoms with Gasteiger partial charge in [0, 0.05) is 25.2 Å². The van der Waals surface area contributed by atoms with Gasteiger partial charge in [0.1, 0.15) is 5.82 Å². The second-order valence-electron chi connectivity index (χ2n) is 5.93. The minimum atomic E-state index is 0.0506. The number of hydrogen-bond donors (Lipinski definition) is 3. The summed E-state index contributed by atoms with van der Waals surface area (Å²) in [7, 11) is 1.96. The van der Waals surface area contributed by atoms with E-state index in [0.29, 0.717) is 19.3 Å². The molecule has 24 heavy (non-hydrogen) atoms. The number of hydrogen-bond acceptors (Lipinski definition) is 7. The van der Waals surface area contributed by atoms with E-state index in [4.69, 9.17) is 15.6 Å². The number of aliphatic hydroxyl groups is 1. The first kappa shape index (κ1) is 16.6. The topological polar surface area (TPSA) is 96.5 Å². The molecule has 4 N–H and O–H groups in total. The van der Waals surface area contributed by atoms with Crippen molar-refractivity contribution in [2.75, 3.05) is 30.8 Å². The highest BCUT2D eigenvalue weighted by atomic mass is 16.5. The van der Waals surface area contributed by atoms with E-state index < -0.39 is 0 Å². The predicted octanol–water partition coefficient (Wildman–Crippen LogP) is 0.676. The summed E-state index contributed by atoms with van der Waals surface area (Å²) in [5, 5.41) is 12.3. The van der Waals surface area contributed by atoms with E-state index in [-0.39, 0.29) is 12.6 Å². The Hall–Kier alpha value is -2.22. The fraction of sp³-hybridized carbons (Fsp3) is 0.412. The fourth-order valence-electron chi connectivity index (χ4n) is 2.60. The Morgan fingerprint density at radius 3 is 2.58 bits per heavy atom. The number of ether oxygens (including phenoxy) is 1. The molecular weight excluding hydrogens is 306 g/mol. The van der Waals surface area contributed by atoms with Crippen LogP contribution in [0.3, 0.4) is 0 Å². The van der Waals surface area contributed by atoms with Gasteiger partial charge < -0.3 is 25.8 Å². The molecule has 0 atom stereocenters. The highest BCUT2D eigenvalue weighted by Gasteiger charge is 2.26. The van der Waals surface area contributed by atoms with E-state index in [2.05, 4.69) is 20.2 Å². The summed E-state index contributed by atoms with van der Waals surface area (Å²) in [6.07, 6.45) is 0. The normalized spacial score (nSPS) is 14.7. The maximum Gasteiger partial charge on any atom is 0.222 e. The molecule has 0 radical (unpaired) electrons. The van der Waals surface area contributed by atoms with Crippen molar-refractivity contribution in [1.82, 2.24) is 15.3 Å². The van der Waals surface area contributed by atoms with Crippen LogP contribution >= 0.6 is 0 Å². The van der Waals surface area contributed by atoms with Crippen LogP contribution < -0.4 is 16.0 Å². The van der Waals surface area contributed by atoms with Crippen LogP contribution in [-0.4, -0.2) is 41.3 Å². The molecule has 2 heterocycles. The van der Waals surface area contributed by atoms with Gasteiger partial charge in [-0.15, -0.1) is 0 Å². The van der Waals surface area contributed by atoms with Crippen LogP contribution in [-0.2, 0) is 24.6 Å². The molecule has 7 heteroatoms. The third kappa shape index (κ3) is 4.00. The minimum Gasteiger partial charge on any atom is -0.392 e. The van der Waals surface area contributed by atoms with Gasteiger partial charge in [-0.2, -0.15) is 4.98 Å². The Balaban J connectivity index is 1.55. The Morgan fingerprint density at radius 1 is 1.21 bits per heavy atom. The average molecular weight is 329 g/mol. The molecule has 1 aliphatic heterocycles. The molecule has 1 saturated heterocycles. The highest BCUT2D eigenvalue weighted by Crippen LogP contribution is 2.20. The summed E-state index contributed by atoms with van der Waals surface area (Å²) in [5.74, 6) is 1.12. The number of aliphatic hydroxyl groups excluding tert-OH is 1. The van der Waals surface area contributed by atoms with E-state index in [1.54, 1.807) is 0 Å². The molecule has 0 saturated carbocycles. The van der Waals surface area contributed by atoms with Crippen molar-refractivity contribution < 1.29 is 9.84 Å². The highest BCUT2D eigenvalue weighted by molar-refractivity contribution is 5.46. The Morgan fingerprint density at radius 2 is 1.92 bits per heavy atom. The zero-order valence-electron chi connectivity index (χ0n) is 13.8. The number of anilines is 2. The maximum atomic E-state index is 9.04. The van der Waals surface area contributed by atoms with Crippen molar-refractivity contribution in [3.63, 3.8) is 0 Å². The number of nitrogen functional groups attached to an aromatic ring is 1.